The first-order chi connectivity index (χ1) is 21.1. The van der Waals surface area contributed by atoms with Gasteiger partial charge in [-0.1, -0.05) is 72.8 Å². The standard InChI is InChI=1S/C35H25N3O3S2/c39-32(26-18-25-23-11-5-4-10-22(23)14-15-28(25)41-35(26)40)37-34-31(33-36-27-12-6-7-13-29(27)42-33)24-16-17-38(20-30(24)43-34)19-21-8-2-1-3-9-21/h1-15,18H,16-17,19-20H2,(H,37,39). The van der Waals surface area contributed by atoms with Gasteiger partial charge in [0, 0.05) is 35.5 Å². The Morgan fingerprint density at radius 1 is 0.907 bits per heavy atom. The van der Waals surface area contributed by atoms with Gasteiger partial charge in [-0.2, -0.15) is 0 Å². The summed E-state index contributed by atoms with van der Waals surface area (Å²) in [6, 6.07) is 31.8. The van der Waals surface area contributed by atoms with Crippen LogP contribution in [0.4, 0.5) is 5.00 Å². The molecule has 4 heterocycles. The van der Waals surface area contributed by atoms with E-state index in [4.69, 9.17) is 9.40 Å². The van der Waals surface area contributed by atoms with Crippen LogP contribution >= 0.6 is 22.7 Å². The number of thiazole rings is 1. The van der Waals surface area contributed by atoms with Crippen LogP contribution in [-0.4, -0.2) is 22.3 Å². The average molecular weight is 600 g/mol. The van der Waals surface area contributed by atoms with Gasteiger partial charge in [0.25, 0.3) is 5.91 Å². The number of amides is 1. The second kappa shape index (κ2) is 10.6. The summed E-state index contributed by atoms with van der Waals surface area (Å²) in [5.74, 6) is -0.481. The zero-order valence-electron chi connectivity index (χ0n) is 23.0. The molecular formula is C35H25N3O3S2. The van der Waals surface area contributed by atoms with Crippen molar-refractivity contribution in [2.24, 2.45) is 0 Å². The summed E-state index contributed by atoms with van der Waals surface area (Å²) >= 11 is 3.20. The highest BCUT2D eigenvalue weighted by molar-refractivity contribution is 7.23. The number of benzene rings is 4. The van der Waals surface area contributed by atoms with Crippen molar-refractivity contribution in [2.45, 2.75) is 19.5 Å². The number of hydrogen-bond acceptors (Lipinski definition) is 7. The van der Waals surface area contributed by atoms with Crippen LogP contribution in [0.15, 0.2) is 106 Å². The van der Waals surface area contributed by atoms with Crippen molar-refractivity contribution in [3.63, 3.8) is 0 Å². The van der Waals surface area contributed by atoms with Crippen LogP contribution in [0.25, 0.3) is 42.5 Å². The molecule has 0 atom stereocenters. The predicted octanol–water partition coefficient (Wildman–Crippen LogP) is 8.10. The van der Waals surface area contributed by atoms with Crippen molar-refractivity contribution in [3.8, 4) is 10.6 Å². The van der Waals surface area contributed by atoms with E-state index in [-0.39, 0.29) is 5.56 Å². The second-order valence-corrected chi connectivity index (χ2v) is 12.9. The number of carbonyl (C=O) groups excluding carboxylic acids is 1. The Hall–Kier alpha value is -4.63. The van der Waals surface area contributed by atoms with Gasteiger partial charge in [-0.05, 0) is 52.6 Å². The molecule has 6 nitrogen and oxygen atoms in total. The number of thiophene rings is 1. The van der Waals surface area contributed by atoms with Crippen molar-refractivity contribution in [2.75, 3.05) is 11.9 Å². The number of nitrogens with one attached hydrogen (secondary N) is 1. The molecule has 3 aromatic heterocycles. The number of nitrogens with zero attached hydrogens (tertiary/aromatic N) is 2. The van der Waals surface area contributed by atoms with Crippen LogP contribution in [0.3, 0.4) is 0 Å². The largest absolute Gasteiger partial charge is 0.422 e. The minimum absolute atomic E-state index is 0.0174. The Labute approximate surface area is 254 Å². The van der Waals surface area contributed by atoms with Crippen molar-refractivity contribution < 1.29 is 9.21 Å². The average Bonchev–Trinajstić information content (AvgIpc) is 3.61. The van der Waals surface area contributed by atoms with Crippen molar-refractivity contribution in [1.29, 1.82) is 0 Å². The van der Waals surface area contributed by atoms with Gasteiger partial charge >= 0.3 is 5.63 Å². The molecule has 0 radical (unpaired) electrons. The SMILES string of the molecule is O=C(Nc1sc2c(c1-c1nc3ccccc3s1)CCN(Cc1ccccc1)C2)c1cc2c(ccc3ccccc32)oc1=O. The molecule has 1 N–H and O–H groups in total. The number of aromatic nitrogens is 1. The number of carbonyl (C=O) groups is 1. The minimum Gasteiger partial charge on any atom is -0.422 e. The molecule has 8 rings (SSSR count). The first kappa shape index (κ1) is 26.0. The lowest BCUT2D eigenvalue weighted by molar-refractivity contribution is 0.102. The third-order valence-electron chi connectivity index (χ3n) is 8.01. The van der Waals surface area contributed by atoms with Gasteiger partial charge in [-0.3, -0.25) is 9.69 Å². The van der Waals surface area contributed by atoms with E-state index in [1.54, 1.807) is 34.8 Å². The van der Waals surface area contributed by atoms with Gasteiger partial charge in [0.2, 0.25) is 0 Å². The third kappa shape index (κ3) is 4.73. The molecule has 0 spiro atoms. The molecule has 0 saturated heterocycles. The first-order valence-electron chi connectivity index (χ1n) is 14.1. The Balaban J connectivity index is 1.20. The lowest BCUT2D eigenvalue weighted by Gasteiger charge is -2.27. The molecule has 0 fully saturated rings. The molecule has 0 saturated carbocycles. The van der Waals surface area contributed by atoms with E-state index >= 15 is 0 Å². The first-order valence-corrected chi connectivity index (χ1v) is 15.8. The number of para-hydroxylation sites is 1. The van der Waals surface area contributed by atoms with Crippen molar-refractivity contribution in [1.82, 2.24) is 9.88 Å². The van der Waals surface area contributed by atoms with E-state index in [2.05, 4.69) is 40.5 Å². The number of hydrogen-bond donors (Lipinski definition) is 1. The number of rotatable bonds is 5. The van der Waals surface area contributed by atoms with Crippen LogP contribution in [-0.2, 0) is 19.5 Å². The fraction of sp³-hybridized carbons (Fsp3) is 0.114. The molecule has 7 aromatic rings. The monoisotopic (exact) mass is 599 g/mol. The van der Waals surface area contributed by atoms with E-state index in [9.17, 15) is 9.59 Å². The van der Waals surface area contributed by atoms with E-state index < -0.39 is 11.5 Å². The lowest BCUT2D eigenvalue weighted by atomic mass is 10.0. The smallest absolute Gasteiger partial charge is 0.349 e. The minimum atomic E-state index is -0.655. The Bertz CT molecular complexity index is 2200. The highest BCUT2D eigenvalue weighted by atomic mass is 32.1. The van der Waals surface area contributed by atoms with E-state index in [0.717, 1.165) is 63.0 Å². The predicted molar refractivity (Wildman–Crippen MR) is 175 cm³/mol. The van der Waals surface area contributed by atoms with Crippen molar-refractivity contribution in [3.05, 3.63) is 129 Å². The van der Waals surface area contributed by atoms with E-state index in [0.29, 0.717) is 10.6 Å². The summed E-state index contributed by atoms with van der Waals surface area (Å²) in [5, 5.41) is 7.38. The molecule has 1 amide bonds. The molecule has 0 aliphatic carbocycles. The zero-order valence-corrected chi connectivity index (χ0v) is 24.6. The van der Waals surface area contributed by atoms with Crippen LogP contribution in [0.1, 0.15) is 26.4 Å². The maximum absolute atomic E-state index is 13.8. The number of fused-ring (bicyclic) bond motifs is 5. The Morgan fingerprint density at radius 2 is 1.72 bits per heavy atom. The normalized spacial score (nSPS) is 13.5. The van der Waals surface area contributed by atoms with E-state index in [1.165, 1.54) is 16.0 Å². The topological polar surface area (TPSA) is 75.4 Å². The summed E-state index contributed by atoms with van der Waals surface area (Å²) in [6.45, 7) is 2.56. The lowest BCUT2D eigenvalue weighted by Crippen LogP contribution is -2.29. The molecule has 1 aliphatic rings. The quantitative estimate of drug-likeness (QED) is 0.160. The molecule has 8 heteroatoms. The molecule has 43 heavy (non-hydrogen) atoms. The van der Waals surface area contributed by atoms with Crippen molar-refractivity contribution >= 4 is 65.5 Å². The Morgan fingerprint density at radius 3 is 2.60 bits per heavy atom. The fourth-order valence-corrected chi connectivity index (χ4v) is 8.32. The molecule has 1 aliphatic heterocycles. The van der Waals surface area contributed by atoms with Crippen LogP contribution in [0.2, 0.25) is 0 Å². The summed E-state index contributed by atoms with van der Waals surface area (Å²) in [4.78, 5) is 35.5. The van der Waals surface area contributed by atoms with Crippen LogP contribution < -0.4 is 10.9 Å². The Kier molecular flexibility index (Phi) is 6.40. The summed E-state index contributed by atoms with van der Waals surface area (Å²) in [7, 11) is 0. The summed E-state index contributed by atoms with van der Waals surface area (Å²) in [6.07, 6.45) is 0.851. The van der Waals surface area contributed by atoms with Gasteiger partial charge in [0.1, 0.15) is 21.2 Å². The maximum atomic E-state index is 13.8. The van der Waals surface area contributed by atoms with Gasteiger partial charge in [-0.25, -0.2) is 9.78 Å². The zero-order chi connectivity index (χ0) is 28.9. The molecule has 4 aromatic carbocycles. The van der Waals surface area contributed by atoms with Crippen LogP contribution in [0.5, 0.6) is 0 Å². The van der Waals surface area contributed by atoms with Gasteiger partial charge in [0.15, 0.2) is 0 Å². The van der Waals surface area contributed by atoms with Gasteiger partial charge in [0.05, 0.1) is 10.2 Å². The maximum Gasteiger partial charge on any atom is 0.349 e. The highest BCUT2D eigenvalue weighted by Crippen LogP contribution is 2.46. The summed E-state index contributed by atoms with van der Waals surface area (Å²) in [5.41, 5.74) is 4.18. The summed E-state index contributed by atoms with van der Waals surface area (Å²) < 4.78 is 6.73. The number of anilines is 1. The molecule has 210 valence electrons. The molecule has 0 bridgehead atoms. The van der Waals surface area contributed by atoms with Gasteiger partial charge in [-0.15, -0.1) is 22.7 Å². The highest BCUT2D eigenvalue weighted by Gasteiger charge is 2.28. The van der Waals surface area contributed by atoms with E-state index in [1.807, 2.05) is 54.6 Å². The fourth-order valence-electron chi connectivity index (χ4n) is 5.93. The van der Waals surface area contributed by atoms with Crippen LogP contribution in [0, 0.1) is 0 Å². The van der Waals surface area contributed by atoms with Gasteiger partial charge < -0.3 is 9.73 Å². The third-order valence-corrected chi connectivity index (χ3v) is 10.2. The second-order valence-electron chi connectivity index (χ2n) is 10.7. The molecule has 0 unspecified atom stereocenters. The molecular weight excluding hydrogens is 575 g/mol.